The second-order valence-electron chi connectivity index (χ2n) is 15.3. The Bertz CT molecular complexity index is 1320. The van der Waals surface area contributed by atoms with Crippen molar-refractivity contribution in [2.24, 2.45) is 11.8 Å². The van der Waals surface area contributed by atoms with Crippen molar-refractivity contribution in [1.29, 1.82) is 0 Å². The van der Waals surface area contributed by atoms with Crippen molar-refractivity contribution in [3.63, 3.8) is 0 Å². The molecule has 1 saturated heterocycles. The van der Waals surface area contributed by atoms with E-state index in [2.05, 4.69) is 28.2 Å². The number of allylic oxidation sites excluding steroid dienone is 3. The SMILES string of the molecule is C/C(=C\C=C\[C@@H](C)Cn1cc(C2CC2)nn1)[C@H]1OC(=O)C[C@@H](O)CC[C@](C)(O)[C@@H](OC(=O)N2CCN(C3CCCCCC3)CC2)/C=C\[C@@H]1C. The average molecular weight is 682 g/mol. The number of nitrogens with zero attached hydrogens (tertiary/aromatic N) is 5. The maximum Gasteiger partial charge on any atom is 0.410 e. The lowest BCUT2D eigenvalue weighted by Crippen LogP contribution is -2.53. The summed E-state index contributed by atoms with van der Waals surface area (Å²) in [7, 11) is 0. The third-order valence-electron chi connectivity index (χ3n) is 10.7. The predicted molar refractivity (Wildman–Crippen MR) is 188 cm³/mol. The van der Waals surface area contributed by atoms with Crippen LogP contribution in [0.15, 0.2) is 42.2 Å². The molecule has 1 aromatic rings. The van der Waals surface area contributed by atoms with Crippen LogP contribution in [0.4, 0.5) is 4.79 Å². The zero-order chi connectivity index (χ0) is 35.0. The van der Waals surface area contributed by atoms with Crippen molar-refractivity contribution >= 4 is 12.1 Å². The lowest BCUT2D eigenvalue weighted by Gasteiger charge is -2.40. The minimum absolute atomic E-state index is 0.148. The van der Waals surface area contributed by atoms with E-state index in [-0.39, 0.29) is 31.1 Å². The van der Waals surface area contributed by atoms with Crippen molar-refractivity contribution in [3.8, 4) is 0 Å². The summed E-state index contributed by atoms with van der Waals surface area (Å²) < 4.78 is 13.8. The number of hydrogen-bond donors (Lipinski definition) is 2. The minimum Gasteiger partial charge on any atom is -0.457 e. The molecule has 3 fully saturated rings. The fourth-order valence-electron chi connectivity index (χ4n) is 7.34. The van der Waals surface area contributed by atoms with Gasteiger partial charge in [-0.3, -0.25) is 14.4 Å². The molecule has 2 N–H and O–H groups in total. The van der Waals surface area contributed by atoms with E-state index in [1.807, 2.05) is 43.0 Å². The number of piperazine rings is 1. The van der Waals surface area contributed by atoms with Gasteiger partial charge in [0.05, 0.1) is 18.2 Å². The summed E-state index contributed by atoms with van der Waals surface area (Å²) >= 11 is 0. The van der Waals surface area contributed by atoms with Crippen LogP contribution in [-0.4, -0.2) is 103 Å². The molecule has 272 valence electrons. The van der Waals surface area contributed by atoms with Gasteiger partial charge in [-0.05, 0) is 69.9 Å². The molecule has 0 aromatic carbocycles. The van der Waals surface area contributed by atoms with Gasteiger partial charge in [-0.25, -0.2) is 4.79 Å². The van der Waals surface area contributed by atoms with Crippen LogP contribution < -0.4 is 0 Å². The molecule has 4 aliphatic rings. The first-order valence-electron chi connectivity index (χ1n) is 18.7. The quantitative estimate of drug-likeness (QED) is 0.157. The van der Waals surface area contributed by atoms with E-state index in [0.717, 1.165) is 30.9 Å². The highest BCUT2D eigenvalue weighted by Crippen LogP contribution is 2.38. The zero-order valence-corrected chi connectivity index (χ0v) is 30.1. The number of carbonyl (C=O) groups excluding carboxylic acids is 2. The Morgan fingerprint density at radius 3 is 2.51 bits per heavy atom. The predicted octanol–water partition coefficient (Wildman–Crippen LogP) is 5.54. The first-order chi connectivity index (χ1) is 23.5. The third-order valence-corrected chi connectivity index (χ3v) is 10.7. The topological polar surface area (TPSA) is 130 Å². The molecule has 11 nitrogen and oxygen atoms in total. The van der Waals surface area contributed by atoms with Gasteiger partial charge in [-0.2, -0.15) is 0 Å². The molecule has 0 bridgehead atoms. The van der Waals surface area contributed by atoms with Crippen LogP contribution in [0.5, 0.6) is 0 Å². The van der Waals surface area contributed by atoms with Crippen LogP contribution in [0.1, 0.15) is 110 Å². The Hall–Kier alpha value is -3.02. The summed E-state index contributed by atoms with van der Waals surface area (Å²) in [6.07, 6.45) is 18.8. The van der Waals surface area contributed by atoms with E-state index in [0.29, 0.717) is 25.0 Å². The summed E-state index contributed by atoms with van der Waals surface area (Å²) in [5.41, 5.74) is 0.468. The molecule has 2 aliphatic carbocycles. The largest absolute Gasteiger partial charge is 0.457 e. The molecule has 3 heterocycles. The lowest BCUT2D eigenvalue weighted by molar-refractivity contribution is -0.151. The van der Waals surface area contributed by atoms with Gasteiger partial charge >= 0.3 is 12.1 Å². The fraction of sp³-hybridized carbons (Fsp3) is 0.737. The van der Waals surface area contributed by atoms with E-state index >= 15 is 0 Å². The van der Waals surface area contributed by atoms with Crippen molar-refractivity contribution < 1.29 is 29.3 Å². The molecule has 11 heteroatoms. The molecule has 0 unspecified atom stereocenters. The molecule has 2 saturated carbocycles. The standard InChI is InChI=1S/C38H59N5O6/c1-27(25-43-26-33(39-40-43)30-15-16-30)10-9-11-28(2)36-29(3)14-17-34(38(4,47)19-18-32(44)24-35(45)49-36)48-37(46)42-22-20-41(21-23-42)31-12-7-5-6-8-13-31/h9-11,14,17,26-27,29-32,34,36,44,47H,5-8,12-13,15-16,18-25H2,1-4H3/b10-9+,17-14-,28-11+/t27-,29+,32+,34+,36-,38+/m1/s1. The number of rotatable bonds is 8. The second-order valence-corrected chi connectivity index (χ2v) is 15.3. The van der Waals surface area contributed by atoms with Crippen LogP contribution in [0.2, 0.25) is 0 Å². The van der Waals surface area contributed by atoms with Crippen molar-refractivity contribution in [2.45, 2.75) is 141 Å². The lowest BCUT2D eigenvalue weighted by atomic mass is 9.89. The van der Waals surface area contributed by atoms with Gasteiger partial charge in [-0.15, -0.1) is 5.10 Å². The highest BCUT2D eigenvalue weighted by molar-refractivity contribution is 5.70. The molecular formula is C38H59N5O6. The van der Waals surface area contributed by atoms with Gasteiger partial charge < -0.3 is 24.6 Å². The summed E-state index contributed by atoms with van der Waals surface area (Å²) in [5, 5.41) is 30.8. The van der Waals surface area contributed by atoms with Crippen LogP contribution in [-0.2, 0) is 20.8 Å². The van der Waals surface area contributed by atoms with Gasteiger partial charge in [0, 0.05) is 56.8 Å². The smallest absolute Gasteiger partial charge is 0.410 e. The fourth-order valence-corrected chi connectivity index (χ4v) is 7.34. The Morgan fingerprint density at radius 2 is 1.82 bits per heavy atom. The molecule has 5 rings (SSSR count). The number of ether oxygens (including phenoxy) is 2. The normalized spacial score (nSPS) is 31.8. The number of amides is 1. The minimum atomic E-state index is -1.44. The molecule has 2 aliphatic heterocycles. The van der Waals surface area contributed by atoms with Crippen LogP contribution in [0.25, 0.3) is 0 Å². The van der Waals surface area contributed by atoms with Crippen LogP contribution in [0.3, 0.4) is 0 Å². The third kappa shape index (κ3) is 11.0. The maximum absolute atomic E-state index is 13.4. The van der Waals surface area contributed by atoms with E-state index in [1.54, 1.807) is 17.9 Å². The van der Waals surface area contributed by atoms with Gasteiger partial charge in [0.1, 0.15) is 11.7 Å². The molecule has 0 radical (unpaired) electrons. The Morgan fingerprint density at radius 1 is 1.10 bits per heavy atom. The van der Waals surface area contributed by atoms with Gasteiger partial charge in [0.15, 0.2) is 6.10 Å². The highest BCUT2D eigenvalue weighted by atomic mass is 16.6. The van der Waals surface area contributed by atoms with Crippen molar-refractivity contribution in [2.75, 3.05) is 26.2 Å². The number of cyclic esters (lactones) is 1. The second kappa shape index (κ2) is 17.3. The van der Waals surface area contributed by atoms with Crippen molar-refractivity contribution in [1.82, 2.24) is 24.8 Å². The molecule has 1 amide bonds. The number of carbonyl (C=O) groups is 2. The number of esters is 1. The van der Waals surface area contributed by atoms with Gasteiger partial charge in [0.25, 0.3) is 0 Å². The number of aromatic nitrogens is 3. The first-order valence-corrected chi connectivity index (χ1v) is 18.7. The van der Waals surface area contributed by atoms with Crippen molar-refractivity contribution in [3.05, 3.63) is 47.8 Å². The maximum atomic E-state index is 13.4. The Balaban J connectivity index is 1.23. The molecule has 1 aromatic heterocycles. The van der Waals surface area contributed by atoms with E-state index < -0.39 is 36.0 Å². The molecule has 0 spiro atoms. The Kier molecular flexibility index (Phi) is 13.1. The first kappa shape index (κ1) is 37.2. The summed E-state index contributed by atoms with van der Waals surface area (Å²) in [6.45, 7) is 11.2. The van der Waals surface area contributed by atoms with Crippen LogP contribution >= 0.6 is 0 Å². The zero-order valence-electron chi connectivity index (χ0n) is 30.1. The molecule has 6 atom stereocenters. The highest BCUT2D eigenvalue weighted by Gasteiger charge is 2.37. The van der Waals surface area contributed by atoms with E-state index in [4.69, 9.17) is 9.47 Å². The monoisotopic (exact) mass is 681 g/mol. The molecular weight excluding hydrogens is 622 g/mol. The summed E-state index contributed by atoms with van der Waals surface area (Å²) in [4.78, 5) is 30.6. The summed E-state index contributed by atoms with van der Waals surface area (Å²) in [5.74, 6) is -0.00650. The van der Waals surface area contributed by atoms with Gasteiger partial charge in [-0.1, -0.05) is 69.0 Å². The van der Waals surface area contributed by atoms with E-state index in [9.17, 15) is 19.8 Å². The van der Waals surface area contributed by atoms with Crippen LogP contribution in [0, 0.1) is 11.8 Å². The summed E-state index contributed by atoms with van der Waals surface area (Å²) in [6, 6.07) is 0.599. The number of aliphatic hydroxyl groups excluding tert-OH is 1. The van der Waals surface area contributed by atoms with Gasteiger partial charge in [0.2, 0.25) is 0 Å². The number of hydrogen-bond acceptors (Lipinski definition) is 9. The Labute approximate surface area is 292 Å². The number of aliphatic hydroxyl groups is 2. The van der Waals surface area contributed by atoms with E-state index in [1.165, 1.54) is 51.4 Å². The average Bonchev–Trinajstić information content (AvgIpc) is 3.87. The molecule has 49 heavy (non-hydrogen) atoms.